The van der Waals surface area contributed by atoms with E-state index in [0.29, 0.717) is 12.0 Å². The van der Waals surface area contributed by atoms with Crippen LogP contribution in [-0.2, 0) is 0 Å². The third-order valence-corrected chi connectivity index (χ3v) is 4.90. The molecule has 1 aliphatic rings. The molecule has 0 bridgehead atoms. The number of rotatable bonds is 4. The molecule has 0 spiro atoms. The van der Waals surface area contributed by atoms with E-state index in [1.165, 1.54) is 29.1 Å². The van der Waals surface area contributed by atoms with Crippen LogP contribution in [-0.4, -0.2) is 18.6 Å². The minimum Gasteiger partial charge on any atom is -0.313 e. The van der Waals surface area contributed by atoms with Crippen molar-refractivity contribution in [3.05, 3.63) is 35.4 Å². The van der Waals surface area contributed by atoms with Gasteiger partial charge in [0.25, 0.3) is 0 Å². The van der Waals surface area contributed by atoms with Crippen molar-refractivity contribution in [1.82, 2.24) is 5.32 Å². The van der Waals surface area contributed by atoms with E-state index >= 15 is 0 Å². The van der Waals surface area contributed by atoms with Crippen molar-refractivity contribution in [3.63, 3.8) is 0 Å². The largest absolute Gasteiger partial charge is 0.313 e. The molecule has 0 saturated carbocycles. The van der Waals surface area contributed by atoms with Crippen LogP contribution >= 0.6 is 11.8 Å². The van der Waals surface area contributed by atoms with Crippen LogP contribution in [0.4, 0.5) is 0 Å². The molecule has 0 aromatic heterocycles. The van der Waals surface area contributed by atoms with Crippen molar-refractivity contribution in [2.75, 3.05) is 18.6 Å². The molecule has 2 rings (SSSR count). The lowest BCUT2D eigenvalue weighted by Gasteiger charge is -2.23. The summed E-state index contributed by atoms with van der Waals surface area (Å²) in [6, 6.07) is 9.71. The molecule has 1 fully saturated rings. The highest BCUT2D eigenvalue weighted by Gasteiger charge is 2.25. The monoisotopic (exact) mass is 249 g/mol. The molecule has 1 heterocycles. The van der Waals surface area contributed by atoms with E-state index in [2.05, 4.69) is 62.2 Å². The predicted octanol–water partition coefficient (Wildman–Crippen LogP) is 3.82. The second-order valence-corrected chi connectivity index (χ2v) is 6.36. The third kappa shape index (κ3) is 3.05. The zero-order valence-electron chi connectivity index (χ0n) is 11.1. The van der Waals surface area contributed by atoms with Gasteiger partial charge in [-0.1, -0.05) is 38.1 Å². The number of nitrogens with one attached hydrogen (secondary N) is 1. The lowest BCUT2D eigenvalue weighted by atomic mass is 9.91. The van der Waals surface area contributed by atoms with E-state index in [0.717, 1.165) is 5.92 Å². The summed E-state index contributed by atoms with van der Waals surface area (Å²) >= 11 is 2.09. The molecule has 1 nitrogen and oxygen atoms in total. The number of thioether (sulfide) groups is 1. The molecular weight excluding hydrogens is 226 g/mol. The minimum absolute atomic E-state index is 0.534. The van der Waals surface area contributed by atoms with E-state index in [1.54, 1.807) is 0 Å². The SMILES string of the molecule is CNC(c1ccc(C(C)C)cc1)C1CCSC1. The van der Waals surface area contributed by atoms with Crippen LogP contribution < -0.4 is 5.32 Å². The van der Waals surface area contributed by atoms with Crippen molar-refractivity contribution < 1.29 is 0 Å². The molecule has 1 N–H and O–H groups in total. The van der Waals surface area contributed by atoms with Crippen LogP contribution in [0.5, 0.6) is 0 Å². The average Bonchev–Trinajstić information content (AvgIpc) is 2.84. The van der Waals surface area contributed by atoms with Crippen LogP contribution in [0.3, 0.4) is 0 Å². The highest BCUT2D eigenvalue weighted by molar-refractivity contribution is 7.99. The Morgan fingerprint density at radius 2 is 1.82 bits per heavy atom. The lowest BCUT2D eigenvalue weighted by molar-refractivity contribution is 0.420. The van der Waals surface area contributed by atoms with Gasteiger partial charge >= 0.3 is 0 Å². The normalized spacial score (nSPS) is 22.0. The second kappa shape index (κ2) is 5.92. The first kappa shape index (κ1) is 13.0. The third-order valence-electron chi connectivity index (χ3n) is 3.71. The smallest absolute Gasteiger partial charge is 0.0354 e. The minimum atomic E-state index is 0.534. The van der Waals surface area contributed by atoms with E-state index in [9.17, 15) is 0 Å². The summed E-state index contributed by atoms with van der Waals surface area (Å²) in [6.07, 6.45) is 1.35. The summed E-state index contributed by atoms with van der Waals surface area (Å²) in [4.78, 5) is 0. The van der Waals surface area contributed by atoms with Gasteiger partial charge < -0.3 is 5.32 Å². The first-order valence-electron chi connectivity index (χ1n) is 6.57. The quantitative estimate of drug-likeness (QED) is 0.870. The van der Waals surface area contributed by atoms with Crippen LogP contribution in [0.1, 0.15) is 43.4 Å². The van der Waals surface area contributed by atoms with E-state index < -0.39 is 0 Å². The summed E-state index contributed by atoms with van der Waals surface area (Å²) in [7, 11) is 2.09. The Morgan fingerprint density at radius 1 is 1.18 bits per heavy atom. The van der Waals surface area contributed by atoms with Gasteiger partial charge in [0.2, 0.25) is 0 Å². The Labute approximate surface area is 109 Å². The Hall–Kier alpha value is -0.470. The zero-order chi connectivity index (χ0) is 12.3. The fourth-order valence-electron chi connectivity index (χ4n) is 2.58. The van der Waals surface area contributed by atoms with Gasteiger partial charge in [0.05, 0.1) is 0 Å². The molecule has 94 valence electrons. The van der Waals surface area contributed by atoms with Crippen molar-refractivity contribution in [2.45, 2.75) is 32.2 Å². The topological polar surface area (TPSA) is 12.0 Å². The Kier molecular flexibility index (Phi) is 4.52. The molecule has 2 heteroatoms. The molecular formula is C15H23NS. The van der Waals surface area contributed by atoms with Crippen molar-refractivity contribution in [3.8, 4) is 0 Å². The molecule has 0 amide bonds. The Bertz CT molecular complexity index is 338. The maximum Gasteiger partial charge on any atom is 0.0354 e. The van der Waals surface area contributed by atoms with Crippen LogP contribution in [0.2, 0.25) is 0 Å². The first-order chi connectivity index (χ1) is 8.22. The maximum absolute atomic E-state index is 3.50. The molecule has 2 unspecified atom stereocenters. The summed E-state index contributed by atoms with van der Waals surface area (Å²) < 4.78 is 0. The summed E-state index contributed by atoms with van der Waals surface area (Å²) in [6.45, 7) is 4.50. The van der Waals surface area contributed by atoms with Gasteiger partial charge in [0, 0.05) is 6.04 Å². The molecule has 2 atom stereocenters. The second-order valence-electron chi connectivity index (χ2n) is 5.21. The average molecular weight is 249 g/mol. The predicted molar refractivity (Wildman–Crippen MR) is 77.8 cm³/mol. The van der Waals surface area contributed by atoms with Gasteiger partial charge in [-0.15, -0.1) is 0 Å². The Morgan fingerprint density at radius 3 is 2.29 bits per heavy atom. The van der Waals surface area contributed by atoms with Gasteiger partial charge in [-0.2, -0.15) is 11.8 Å². The number of hydrogen-bond acceptors (Lipinski definition) is 2. The Balaban J connectivity index is 2.13. The van der Waals surface area contributed by atoms with Gasteiger partial charge in [-0.05, 0) is 47.9 Å². The number of hydrogen-bond donors (Lipinski definition) is 1. The molecule has 0 radical (unpaired) electrons. The van der Waals surface area contributed by atoms with Gasteiger partial charge in [-0.3, -0.25) is 0 Å². The summed E-state index contributed by atoms with van der Waals surface area (Å²) in [5.41, 5.74) is 2.88. The zero-order valence-corrected chi connectivity index (χ0v) is 11.9. The number of benzene rings is 1. The molecule has 1 aliphatic heterocycles. The molecule has 1 aromatic rings. The van der Waals surface area contributed by atoms with E-state index in [1.807, 2.05) is 0 Å². The summed E-state index contributed by atoms with van der Waals surface area (Å²) in [5.74, 6) is 4.05. The summed E-state index contributed by atoms with van der Waals surface area (Å²) in [5, 5.41) is 3.50. The highest BCUT2D eigenvalue weighted by Crippen LogP contribution is 2.34. The van der Waals surface area contributed by atoms with Gasteiger partial charge in [0.1, 0.15) is 0 Å². The molecule has 0 aliphatic carbocycles. The van der Waals surface area contributed by atoms with E-state index in [-0.39, 0.29) is 0 Å². The van der Waals surface area contributed by atoms with Gasteiger partial charge in [0.15, 0.2) is 0 Å². The van der Waals surface area contributed by atoms with Crippen molar-refractivity contribution >= 4 is 11.8 Å². The van der Waals surface area contributed by atoms with E-state index in [4.69, 9.17) is 0 Å². The fourth-order valence-corrected chi connectivity index (χ4v) is 3.88. The maximum atomic E-state index is 3.50. The molecule has 17 heavy (non-hydrogen) atoms. The van der Waals surface area contributed by atoms with Crippen LogP contribution in [0.25, 0.3) is 0 Å². The van der Waals surface area contributed by atoms with Gasteiger partial charge in [-0.25, -0.2) is 0 Å². The van der Waals surface area contributed by atoms with Crippen LogP contribution in [0.15, 0.2) is 24.3 Å². The first-order valence-corrected chi connectivity index (χ1v) is 7.72. The standard InChI is InChI=1S/C15H23NS/c1-11(2)12-4-6-13(7-5-12)15(16-3)14-8-9-17-10-14/h4-7,11,14-16H,8-10H2,1-3H3. The lowest BCUT2D eigenvalue weighted by Crippen LogP contribution is -2.25. The van der Waals surface area contributed by atoms with Crippen molar-refractivity contribution in [1.29, 1.82) is 0 Å². The fraction of sp³-hybridized carbons (Fsp3) is 0.600. The van der Waals surface area contributed by atoms with Crippen molar-refractivity contribution in [2.24, 2.45) is 5.92 Å². The van der Waals surface area contributed by atoms with Crippen LogP contribution in [0, 0.1) is 5.92 Å². The molecule has 1 aromatic carbocycles. The molecule has 1 saturated heterocycles. The highest BCUT2D eigenvalue weighted by atomic mass is 32.2.